The lowest BCUT2D eigenvalue weighted by Gasteiger charge is -2.70. The van der Waals surface area contributed by atoms with Crippen molar-refractivity contribution < 1.29 is 5.11 Å². The quantitative estimate of drug-likeness (QED) is 0.387. The topological polar surface area (TPSA) is 20.2 Å². The van der Waals surface area contributed by atoms with Gasteiger partial charge in [-0.1, -0.05) is 67.0 Å². The van der Waals surface area contributed by atoms with E-state index in [1.54, 1.807) is 0 Å². The van der Waals surface area contributed by atoms with Crippen LogP contribution in [0, 0.1) is 50.2 Å². The summed E-state index contributed by atoms with van der Waals surface area (Å²) in [5.41, 5.74) is 4.07. The molecule has 4 saturated carbocycles. The number of fused-ring (bicyclic) bond motifs is 7. The van der Waals surface area contributed by atoms with Gasteiger partial charge >= 0.3 is 0 Å². The second-order valence-corrected chi connectivity index (χ2v) is 15.3. The molecule has 31 heavy (non-hydrogen) atoms. The predicted octanol–water partition coefficient (Wildman–Crippen LogP) is 8.17. The number of hydrogen-bond acceptors (Lipinski definition) is 1. The minimum Gasteiger partial charge on any atom is -0.393 e. The molecular formula is C30H50O. The van der Waals surface area contributed by atoms with Crippen LogP contribution in [0.1, 0.15) is 120 Å². The first-order valence-corrected chi connectivity index (χ1v) is 13.6. The Morgan fingerprint density at radius 2 is 1.32 bits per heavy atom. The fourth-order valence-corrected chi connectivity index (χ4v) is 10.8. The van der Waals surface area contributed by atoms with Crippen LogP contribution in [0.3, 0.4) is 0 Å². The van der Waals surface area contributed by atoms with Gasteiger partial charge in [-0.05, 0) is 114 Å². The SMILES string of the molecule is CC1(C)CC[C@@]2(C)CC=C3[C@](C)(CC[C@@H]4[C@]5(C)CC[C@H](O)C(C)(C)[C@H]5CC[C@@]34C)[C@@H]2C1. The van der Waals surface area contributed by atoms with Crippen molar-refractivity contribution in [2.24, 2.45) is 50.2 Å². The molecule has 0 unspecified atom stereocenters. The molecule has 5 aliphatic carbocycles. The zero-order valence-electron chi connectivity index (χ0n) is 21.9. The van der Waals surface area contributed by atoms with Crippen LogP contribution in [-0.4, -0.2) is 11.2 Å². The molecule has 176 valence electrons. The van der Waals surface area contributed by atoms with E-state index in [-0.39, 0.29) is 11.5 Å². The molecule has 0 saturated heterocycles. The molecule has 0 spiro atoms. The lowest BCUT2D eigenvalue weighted by atomic mass is 9.35. The van der Waals surface area contributed by atoms with Crippen molar-refractivity contribution in [2.45, 2.75) is 126 Å². The van der Waals surface area contributed by atoms with Crippen molar-refractivity contribution in [3.63, 3.8) is 0 Å². The van der Waals surface area contributed by atoms with E-state index in [4.69, 9.17) is 0 Å². The van der Waals surface area contributed by atoms with Crippen molar-refractivity contribution >= 4 is 0 Å². The van der Waals surface area contributed by atoms with Gasteiger partial charge in [-0.25, -0.2) is 0 Å². The number of aliphatic hydroxyl groups excluding tert-OH is 1. The molecule has 1 N–H and O–H groups in total. The van der Waals surface area contributed by atoms with Crippen LogP contribution in [0.25, 0.3) is 0 Å². The fourth-order valence-electron chi connectivity index (χ4n) is 10.8. The van der Waals surface area contributed by atoms with E-state index in [0.717, 1.165) is 18.3 Å². The van der Waals surface area contributed by atoms with Gasteiger partial charge in [0.15, 0.2) is 0 Å². The smallest absolute Gasteiger partial charge is 0.0594 e. The molecular weight excluding hydrogens is 376 g/mol. The summed E-state index contributed by atoms with van der Waals surface area (Å²) >= 11 is 0. The first-order valence-electron chi connectivity index (χ1n) is 13.6. The summed E-state index contributed by atoms with van der Waals surface area (Å²) in [6.45, 7) is 20.4. The number of hydrogen-bond donors (Lipinski definition) is 1. The van der Waals surface area contributed by atoms with Crippen LogP contribution < -0.4 is 0 Å². The molecule has 0 aromatic heterocycles. The summed E-state index contributed by atoms with van der Waals surface area (Å²) in [4.78, 5) is 0. The van der Waals surface area contributed by atoms with E-state index in [1.807, 2.05) is 5.57 Å². The summed E-state index contributed by atoms with van der Waals surface area (Å²) in [6.07, 6.45) is 15.8. The van der Waals surface area contributed by atoms with Gasteiger partial charge in [0.1, 0.15) is 0 Å². The largest absolute Gasteiger partial charge is 0.393 e. The molecule has 0 radical (unpaired) electrons. The van der Waals surface area contributed by atoms with Gasteiger partial charge in [-0.2, -0.15) is 0 Å². The Morgan fingerprint density at radius 1 is 0.710 bits per heavy atom. The van der Waals surface area contributed by atoms with Crippen molar-refractivity contribution in [3.05, 3.63) is 11.6 Å². The molecule has 0 aliphatic heterocycles. The van der Waals surface area contributed by atoms with Gasteiger partial charge in [-0.15, -0.1) is 0 Å². The Bertz CT molecular complexity index is 790. The van der Waals surface area contributed by atoms with Crippen LogP contribution in [-0.2, 0) is 0 Å². The maximum absolute atomic E-state index is 10.9. The van der Waals surface area contributed by atoms with Gasteiger partial charge in [0.25, 0.3) is 0 Å². The first-order chi connectivity index (χ1) is 14.2. The minimum absolute atomic E-state index is 0.0575. The zero-order chi connectivity index (χ0) is 22.7. The van der Waals surface area contributed by atoms with E-state index in [9.17, 15) is 5.11 Å². The maximum Gasteiger partial charge on any atom is 0.0594 e. The third-order valence-electron chi connectivity index (χ3n) is 12.7. The van der Waals surface area contributed by atoms with Crippen LogP contribution in [0.4, 0.5) is 0 Å². The summed E-state index contributed by atoms with van der Waals surface area (Å²) in [6, 6.07) is 0. The summed E-state index contributed by atoms with van der Waals surface area (Å²) < 4.78 is 0. The Kier molecular flexibility index (Phi) is 4.66. The molecule has 5 rings (SSSR count). The van der Waals surface area contributed by atoms with Gasteiger partial charge < -0.3 is 5.11 Å². The second kappa shape index (κ2) is 6.43. The zero-order valence-corrected chi connectivity index (χ0v) is 21.9. The molecule has 5 aliphatic rings. The van der Waals surface area contributed by atoms with Crippen LogP contribution in [0.5, 0.6) is 0 Å². The fraction of sp³-hybridized carbons (Fsp3) is 0.933. The minimum atomic E-state index is -0.122. The van der Waals surface area contributed by atoms with Gasteiger partial charge in [0.2, 0.25) is 0 Å². The van der Waals surface area contributed by atoms with Crippen molar-refractivity contribution in [2.75, 3.05) is 0 Å². The van der Waals surface area contributed by atoms with Crippen molar-refractivity contribution in [1.29, 1.82) is 0 Å². The molecule has 0 aromatic carbocycles. The molecule has 1 heteroatoms. The molecule has 0 heterocycles. The predicted molar refractivity (Wildman–Crippen MR) is 131 cm³/mol. The maximum atomic E-state index is 10.9. The second-order valence-electron chi connectivity index (χ2n) is 15.3. The highest BCUT2D eigenvalue weighted by molar-refractivity contribution is 5.34. The van der Waals surface area contributed by atoms with E-state index >= 15 is 0 Å². The van der Waals surface area contributed by atoms with E-state index in [0.29, 0.717) is 33.0 Å². The highest BCUT2D eigenvalue weighted by Gasteiger charge is 2.66. The Hall–Kier alpha value is -0.300. The summed E-state index contributed by atoms with van der Waals surface area (Å²) in [7, 11) is 0. The third kappa shape index (κ3) is 2.83. The molecule has 0 aromatic rings. The number of allylic oxidation sites excluding steroid dienone is 2. The van der Waals surface area contributed by atoms with Crippen LogP contribution >= 0.6 is 0 Å². The van der Waals surface area contributed by atoms with Gasteiger partial charge in [0, 0.05) is 0 Å². The van der Waals surface area contributed by atoms with Crippen LogP contribution in [0.2, 0.25) is 0 Å². The Balaban J connectivity index is 1.56. The standard InChI is InChI=1S/C30H50O/c1-25(2)17-18-27(5)13-9-21-29(7)14-10-20-26(3,4)24(31)12-16-28(20,6)22(29)11-15-30(21,8)23(27)19-25/h9,20,22-24,31H,10-19H2,1-8H3/t20-,22-,23-,24+,27-,28-,29+,30+/m1/s1. The lowest BCUT2D eigenvalue weighted by molar-refractivity contribution is -0.184. The van der Waals surface area contributed by atoms with Crippen molar-refractivity contribution in [1.82, 2.24) is 0 Å². The first kappa shape index (κ1) is 22.5. The van der Waals surface area contributed by atoms with E-state index in [2.05, 4.69) is 61.5 Å². The Labute approximate surface area is 192 Å². The summed E-state index contributed by atoms with van der Waals surface area (Å²) in [5, 5.41) is 10.9. The molecule has 4 fully saturated rings. The molecule has 8 atom stereocenters. The van der Waals surface area contributed by atoms with Gasteiger partial charge in [0.05, 0.1) is 6.10 Å². The number of aliphatic hydroxyl groups is 1. The highest BCUT2D eigenvalue weighted by atomic mass is 16.3. The highest BCUT2D eigenvalue weighted by Crippen LogP contribution is 2.74. The summed E-state index contributed by atoms with van der Waals surface area (Å²) in [5.74, 6) is 2.29. The average Bonchev–Trinajstić information content (AvgIpc) is 2.66. The average molecular weight is 427 g/mol. The monoisotopic (exact) mass is 426 g/mol. The number of rotatable bonds is 0. The van der Waals surface area contributed by atoms with E-state index < -0.39 is 0 Å². The van der Waals surface area contributed by atoms with E-state index in [1.165, 1.54) is 57.8 Å². The Morgan fingerprint density at radius 3 is 2.00 bits per heavy atom. The van der Waals surface area contributed by atoms with Crippen molar-refractivity contribution in [3.8, 4) is 0 Å². The van der Waals surface area contributed by atoms with Gasteiger partial charge in [-0.3, -0.25) is 0 Å². The lowest BCUT2D eigenvalue weighted by Crippen LogP contribution is -2.63. The molecule has 1 nitrogen and oxygen atoms in total. The molecule has 0 amide bonds. The van der Waals surface area contributed by atoms with Crippen LogP contribution in [0.15, 0.2) is 11.6 Å². The normalized spacial score (nSPS) is 55.2. The molecule has 0 bridgehead atoms. The third-order valence-corrected chi connectivity index (χ3v) is 12.7.